The summed E-state index contributed by atoms with van der Waals surface area (Å²) in [4.78, 5) is 17.6. The van der Waals surface area contributed by atoms with Crippen LogP contribution in [0.25, 0.3) is 11.4 Å². The molecular formula is C17H19F3N4O2. The third kappa shape index (κ3) is 3.87. The van der Waals surface area contributed by atoms with Crippen LogP contribution < -0.4 is 5.73 Å². The molecule has 1 aromatic carbocycles. The van der Waals surface area contributed by atoms with Gasteiger partial charge in [-0.1, -0.05) is 17.3 Å². The number of nitrogens with zero attached hydrogens (tertiary/aromatic N) is 3. The standard InChI is InChI=1S/C17H19F3N4O2/c1-10(24-7-5-11(6-8-24)14(21)25)16-22-15(23-26-16)12-3-2-4-13(9-12)17(18,19)20/h2-4,9-11H,5-8H2,1H3,(H2,21,25)/t10-/m1/s1. The fourth-order valence-corrected chi connectivity index (χ4v) is 3.08. The minimum absolute atomic E-state index is 0.116. The molecule has 26 heavy (non-hydrogen) atoms. The van der Waals surface area contributed by atoms with Gasteiger partial charge in [-0.3, -0.25) is 9.69 Å². The Labute approximate surface area is 148 Å². The van der Waals surface area contributed by atoms with Gasteiger partial charge in [-0.05, 0) is 45.0 Å². The van der Waals surface area contributed by atoms with E-state index in [1.807, 2.05) is 6.92 Å². The van der Waals surface area contributed by atoms with E-state index < -0.39 is 11.7 Å². The molecule has 1 atom stereocenters. The van der Waals surface area contributed by atoms with E-state index in [0.717, 1.165) is 12.1 Å². The number of rotatable bonds is 4. The second-order valence-electron chi connectivity index (χ2n) is 6.42. The molecule has 1 amide bonds. The van der Waals surface area contributed by atoms with E-state index in [0.29, 0.717) is 31.8 Å². The molecule has 1 aromatic heterocycles. The molecule has 1 fully saturated rings. The van der Waals surface area contributed by atoms with Crippen LogP contribution in [0.5, 0.6) is 0 Å². The van der Waals surface area contributed by atoms with Gasteiger partial charge in [0, 0.05) is 11.5 Å². The molecule has 0 saturated carbocycles. The van der Waals surface area contributed by atoms with Crippen LogP contribution in [-0.4, -0.2) is 34.0 Å². The Morgan fingerprint density at radius 1 is 1.35 bits per heavy atom. The Bertz CT molecular complexity index is 782. The molecule has 0 unspecified atom stereocenters. The molecule has 9 heteroatoms. The monoisotopic (exact) mass is 368 g/mol. The molecule has 0 aliphatic carbocycles. The third-order valence-electron chi connectivity index (χ3n) is 4.73. The fraction of sp³-hybridized carbons (Fsp3) is 0.471. The van der Waals surface area contributed by atoms with Gasteiger partial charge in [0.1, 0.15) is 0 Å². The number of likely N-dealkylation sites (tertiary alicyclic amines) is 1. The summed E-state index contributed by atoms with van der Waals surface area (Å²) >= 11 is 0. The first-order valence-electron chi connectivity index (χ1n) is 8.30. The summed E-state index contributed by atoms with van der Waals surface area (Å²) in [5, 5.41) is 3.81. The molecule has 1 aliphatic heterocycles. The molecule has 2 N–H and O–H groups in total. The van der Waals surface area contributed by atoms with Gasteiger partial charge < -0.3 is 10.3 Å². The van der Waals surface area contributed by atoms with Gasteiger partial charge >= 0.3 is 6.18 Å². The zero-order chi connectivity index (χ0) is 18.9. The van der Waals surface area contributed by atoms with Crippen LogP contribution in [0, 0.1) is 5.92 Å². The minimum atomic E-state index is -4.43. The van der Waals surface area contributed by atoms with Crippen LogP contribution in [0.4, 0.5) is 13.2 Å². The maximum absolute atomic E-state index is 12.8. The average Bonchev–Trinajstić information content (AvgIpc) is 3.10. The summed E-state index contributed by atoms with van der Waals surface area (Å²) in [5.41, 5.74) is 4.82. The highest BCUT2D eigenvalue weighted by atomic mass is 19.4. The number of benzene rings is 1. The molecule has 2 heterocycles. The Morgan fingerprint density at radius 3 is 2.65 bits per heavy atom. The highest BCUT2D eigenvalue weighted by molar-refractivity contribution is 5.76. The summed E-state index contributed by atoms with van der Waals surface area (Å²) in [6.07, 6.45) is -3.11. The molecular weight excluding hydrogens is 349 g/mol. The van der Waals surface area contributed by atoms with Crippen molar-refractivity contribution in [1.82, 2.24) is 15.0 Å². The summed E-state index contributed by atoms with van der Waals surface area (Å²) in [7, 11) is 0. The number of carbonyl (C=O) groups is 1. The highest BCUT2D eigenvalue weighted by Crippen LogP contribution is 2.32. The van der Waals surface area contributed by atoms with E-state index >= 15 is 0 Å². The zero-order valence-electron chi connectivity index (χ0n) is 14.2. The van der Waals surface area contributed by atoms with Crippen molar-refractivity contribution in [2.75, 3.05) is 13.1 Å². The number of piperidine rings is 1. The second-order valence-corrected chi connectivity index (χ2v) is 6.42. The van der Waals surface area contributed by atoms with E-state index in [9.17, 15) is 18.0 Å². The second kappa shape index (κ2) is 7.06. The van der Waals surface area contributed by atoms with Crippen molar-refractivity contribution in [2.45, 2.75) is 32.0 Å². The number of hydrogen-bond acceptors (Lipinski definition) is 5. The van der Waals surface area contributed by atoms with Gasteiger partial charge in [-0.15, -0.1) is 0 Å². The van der Waals surface area contributed by atoms with Crippen molar-refractivity contribution >= 4 is 5.91 Å². The van der Waals surface area contributed by atoms with Crippen molar-refractivity contribution in [3.8, 4) is 11.4 Å². The topological polar surface area (TPSA) is 85.2 Å². The summed E-state index contributed by atoms with van der Waals surface area (Å²) < 4.78 is 43.8. The van der Waals surface area contributed by atoms with Gasteiger partial charge in [0.2, 0.25) is 17.6 Å². The lowest BCUT2D eigenvalue weighted by Gasteiger charge is -2.33. The number of carbonyl (C=O) groups excluding carboxylic acids is 1. The minimum Gasteiger partial charge on any atom is -0.369 e. The van der Waals surface area contributed by atoms with Crippen LogP contribution in [0.1, 0.15) is 37.3 Å². The van der Waals surface area contributed by atoms with Crippen LogP contribution in [0.3, 0.4) is 0 Å². The normalized spacial score (nSPS) is 18.0. The maximum Gasteiger partial charge on any atom is 0.416 e. The molecule has 6 nitrogen and oxygen atoms in total. The van der Waals surface area contributed by atoms with Gasteiger partial charge in [0.15, 0.2) is 0 Å². The Balaban J connectivity index is 1.73. The molecule has 0 bridgehead atoms. The summed E-state index contributed by atoms with van der Waals surface area (Å²) in [6.45, 7) is 3.21. The van der Waals surface area contributed by atoms with E-state index in [1.165, 1.54) is 12.1 Å². The van der Waals surface area contributed by atoms with Crippen LogP contribution in [-0.2, 0) is 11.0 Å². The highest BCUT2D eigenvalue weighted by Gasteiger charge is 2.31. The van der Waals surface area contributed by atoms with Crippen LogP contribution in [0.2, 0.25) is 0 Å². The number of aromatic nitrogens is 2. The molecule has 140 valence electrons. The van der Waals surface area contributed by atoms with Crippen molar-refractivity contribution in [2.24, 2.45) is 11.7 Å². The van der Waals surface area contributed by atoms with Crippen LogP contribution >= 0.6 is 0 Å². The first-order chi connectivity index (χ1) is 12.3. The number of primary amides is 1. The van der Waals surface area contributed by atoms with Crippen molar-refractivity contribution in [3.05, 3.63) is 35.7 Å². The van der Waals surface area contributed by atoms with Crippen molar-refractivity contribution in [1.29, 1.82) is 0 Å². The first-order valence-corrected chi connectivity index (χ1v) is 8.30. The van der Waals surface area contributed by atoms with Gasteiger partial charge in [-0.25, -0.2) is 0 Å². The van der Waals surface area contributed by atoms with Crippen molar-refractivity contribution in [3.63, 3.8) is 0 Å². The zero-order valence-corrected chi connectivity index (χ0v) is 14.2. The number of amides is 1. The Morgan fingerprint density at radius 2 is 2.04 bits per heavy atom. The largest absolute Gasteiger partial charge is 0.416 e. The van der Waals surface area contributed by atoms with Crippen molar-refractivity contribution < 1.29 is 22.5 Å². The van der Waals surface area contributed by atoms with Gasteiger partial charge in [0.25, 0.3) is 0 Å². The number of hydrogen-bond donors (Lipinski definition) is 1. The smallest absolute Gasteiger partial charge is 0.369 e. The van der Waals surface area contributed by atoms with E-state index in [-0.39, 0.29) is 29.3 Å². The fourth-order valence-electron chi connectivity index (χ4n) is 3.08. The lowest BCUT2D eigenvalue weighted by atomic mass is 9.95. The average molecular weight is 368 g/mol. The molecule has 0 spiro atoms. The predicted octanol–water partition coefficient (Wildman–Crippen LogP) is 3.01. The lowest BCUT2D eigenvalue weighted by Crippen LogP contribution is -2.39. The summed E-state index contributed by atoms with van der Waals surface area (Å²) in [5.74, 6) is 0.0311. The Hall–Kier alpha value is -2.42. The molecule has 3 rings (SSSR count). The molecule has 0 radical (unpaired) electrons. The number of halogens is 3. The third-order valence-corrected chi connectivity index (χ3v) is 4.73. The van der Waals surface area contributed by atoms with E-state index in [1.54, 1.807) is 0 Å². The SMILES string of the molecule is C[C@H](c1nc(-c2cccc(C(F)(F)F)c2)no1)N1CCC(C(N)=O)CC1. The van der Waals surface area contributed by atoms with Crippen LogP contribution in [0.15, 0.2) is 28.8 Å². The predicted molar refractivity (Wildman–Crippen MR) is 86.6 cm³/mol. The van der Waals surface area contributed by atoms with Gasteiger partial charge in [-0.2, -0.15) is 18.2 Å². The maximum atomic E-state index is 12.8. The Kier molecular flexibility index (Phi) is 4.99. The number of nitrogens with two attached hydrogens (primary N) is 1. The van der Waals surface area contributed by atoms with Gasteiger partial charge in [0.05, 0.1) is 11.6 Å². The lowest BCUT2D eigenvalue weighted by molar-refractivity contribution is -0.137. The molecule has 1 saturated heterocycles. The van der Waals surface area contributed by atoms with E-state index in [4.69, 9.17) is 10.3 Å². The molecule has 2 aromatic rings. The summed E-state index contributed by atoms with van der Waals surface area (Å²) in [6, 6.07) is 4.61. The number of alkyl halides is 3. The molecule has 1 aliphatic rings. The quantitative estimate of drug-likeness (QED) is 0.897. The first kappa shape index (κ1) is 18.4. The van der Waals surface area contributed by atoms with E-state index in [2.05, 4.69) is 15.0 Å².